The van der Waals surface area contributed by atoms with Gasteiger partial charge in [0, 0.05) is 49.2 Å². The van der Waals surface area contributed by atoms with Gasteiger partial charge in [0.15, 0.2) is 0 Å². The SMILES string of the molecule is O=C(c1ccncc1)N1CCCCC1C1CC(CCO)NN1. The number of hydrogen-bond acceptors (Lipinski definition) is 5. The molecule has 1 amide bonds. The van der Waals surface area contributed by atoms with E-state index < -0.39 is 0 Å². The van der Waals surface area contributed by atoms with Crippen LogP contribution in [0.5, 0.6) is 0 Å². The molecule has 0 bridgehead atoms. The lowest BCUT2D eigenvalue weighted by molar-refractivity contribution is 0.0559. The molecule has 3 heterocycles. The van der Waals surface area contributed by atoms with Gasteiger partial charge < -0.3 is 10.0 Å². The first kappa shape index (κ1) is 15.4. The van der Waals surface area contributed by atoms with Crippen molar-refractivity contribution in [3.05, 3.63) is 30.1 Å². The molecule has 0 saturated carbocycles. The minimum atomic E-state index is 0.0968. The van der Waals surface area contributed by atoms with E-state index in [-0.39, 0.29) is 30.6 Å². The second-order valence-electron chi connectivity index (χ2n) is 6.14. The van der Waals surface area contributed by atoms with Gasteiger partial charge in [0.2, 0.25) is 0 Å². The summed E-state index contributed by atoms with van der Waals surface area (Å²) in [6.07, 6.45) is 8.28. The van der Waals surface area contributed by atoms with Gasteiger partial charge in [-0.05, 0) is 44.2 Å². The van der Waals surface area contributed by atoms with Gasteiger partial charge in [-0.15, -0.1) is 0 Å². The predicted molar refractivity (Wildman–Crippen MR) is 83.1 cm³/mol. The molecule has 2 saturated heterocycles. The molecule has 3 N–H and O–H groups in total. The first-order valence-electron chi connectivity index (χ1n) is 8.12. The lowest BCUT2D eigenvalue weighted by Gasteiger charge is -2.39. The maximum absolute atomic E-state index is 12.8. The molecule has 0 radical (unpaired) electrons. The van der Waals surface area contributed by atoms with E-state index in [1.807, 2.05) is 4.90 Å². The van der Waals surface area contributed by atoms with Crippen LogP contribution in [0.3, 0.4) is 0 Å². The third kappa shape index (κ3) is 3.29. The van der Waals surface area contributed by atoms with Crippen LogP contribution in [0.1, 0.15) is 42.5 Å². The van der Waals surface area contributed by atoms with Gasteiger partial charge in [-0.1, -0.05) is 0 Å². The Bertz CT molecular complexity index is 496. The van der Waals surface area contributed by atoms with Crippen molar-refractivity contribution in [3.8, 4) is 0 Å². The van der Waals surface area contributed by atoms with E-state index in [4.69, 9.17) is 5.11 Å². The molecule has 3 atom stereocenters. The number of aliphatic hydroxyl groups is 1. The molecule has 1 aromatic heterocycles. The van der Waals surface area contributed by atoms with Gasteiger partial charge in [0.1, 0.15) is 0 Å². The van der Waals surface area contributed by atoms with E-state index >= 15 is 0 Å². The lowest BCUT2D eigenvalue weighted by Crippen LogP contribution is -2.53. The summed E-state index contributed by atoms with van der Waals surface area (Å²) < 4.78 is 0. The van der Waals surface area contributed by atoms with E-state index in [0.717, 1.165) is 38.6 Å². The summed E-state index contributed by atoms with van der Waals surface area (Å²) in [5.41, 5.74) is 7.28. The van der Waals surface area contributed by atoms with Crippen molar-refractivity contribution in [2.45, 2.75) is 50.2 Å². The predicted octanol–water partition coefficient (Wildman–Crippen LogP) is 0.694. The summed E-state index contributed by atoms with van der Waals surface area (Å²) in [4.78, 5) is 18.8. The van der Waals surface area contributed by atoms with Gasteiger partial charge >= 0.3 is 0 Å². The Morgan fingerprint density at radius 3 is 2.91 bits per heavy atom. The molecule has 2 fully saturated rings. The van der Waals surface area contributed by atoms with Gasteiger partial charge in [0.25, 0.3) is 5.91 Å². The number of nitrogens with one attached hydrogen (secondary N) is 2. The van der Waals surface area contributed by atoms with Crippen molar-refractivity contribution in [1.29, 1.82) is 0 Å². The summed E-state index contributed by atoms with van der Waals surface area (Å²) in [5.74, 6) is 0.0968. The van der Waals surface area contributed by atoms with E-state index in [9.17, 15) is 4.79 Å². The van der Waals surface area contributed by atoms with Crippen molar-refractivity contribution < 1.29 is 9.90 Å². The number of carbonyl (C=O) groups is 1. The maximum Gasteiger partial charge on any atom is 0.254 e. The fourth-order valence-electron chi connectivity index (χ4n) is 3.54. The summed E-state index contributed by atoms with van der Waals surface area (Å²) in [6, 6.07) is 4.31. The number of piperidine rings is 1. The number of likely N-dealkylation sites (tertiary alicyclic amines) is 1. The average Bonchev–Trinajstić information content (AvgIpc) is 3.04. The highest BCUT2D eigenvalue weighted by Gasteiger charge is 2.37. The molecule has 22 heavy (non-hydrogen) atoms. The van der Waals surface area contributed by atoms with Gasteiger partial charge in [0.05, 0.1) is 0 Å². The first-order valence-corrected chi connectivity index (χ1v) is 8.12. The minimum Gasteiger partial charge on any atom is -0.396 e. The topological polar surface area (TPSA) is 77.5 Å². The van der Waals surface area contributed by atoms with Gasteiger partial charge in [-0.3, -0.25) is 20.6 Å². The third-order valence-corrected chi connectivity index (χ3v) is 4.69. The molecule has 2 aliphatic rings. The second kappa shape index (κ2) is 7.17. The van der Waals surface area contributed by atoms with Crippen LogP contribution in [0.25, 0.3) is 0 Å². The highest BCUT2D eigenvalue weighted by Crippen LogP contribution is 2.26. The smallest absolute Gasteiger partial charge is 0.254 e. The molecule has 6 nitrogen and oxygen atoms in total. The van der Waals surface area contributed by atoms with Crippen molar-refractivity contribution in [1.82, 2.24) is 20.7 Å². The Hall–Kier alpha value is -1.50. The van der Waals surface area contributed by atoms with Crippen LogP contribution in [0, 0.1) is 0 Å². The standard InChI is InChI=1S/C16H24N4O2/c21-10-6-13-11-14(19-18-13)15-3-1-2-9-20(15)16(22)12-4-7-17-8-5-12/h4-5,7-8,13-15,18-19,21H,1-3,6,9-11H2. The van der Waals surface area contributed by atoms with Crippen LogP contribution in [0.15, 0.2) is 24.5 Å². The Morgan fingerprint density at radius 2 is 2.14 bits per heavy atom. The second-order valence-corrected chi connectivity index (χ2v) is 6.14. The van der Waals surface area contributed by atoms with Crippen LogP contribution < -0.4 is 10.9 Å². The number of hydrazine groups is 1. The highest BCUT2D eigenvalue weighted by atomic mass is 16.3. The van der Waals surface area contributed by atoms with Crippen LogP contribution >= 0.6 is 0 Å². The summed E-state index contributed by atoms with van der Waals surface area (Å²) >= 11 is 0. The Balaban J connectivity index is 1.70. The summed E-state index contributed by atoms with van der Waals surface area (Å²) in [7, 11) is 0. The number of carbonyl (C=O) groups excluding carboxylic acids is 1. The number of aliphatic hydroxyl groups excluding tert-OH is 1. The minimum absolute atomic E-state index is 0.0968. The number of nitrogens with zero attached hydrogens (tertiary/aromatic N) is 2. The monoisotopic (exact) mass is 304 g/mol. The van der Waals surface area contributed by atoms with Crippen LogP contribution in [-0.2, 0) is 0 Å². The number of rotatable bonds is 4. The van der Waals surface area contributed by atoms with E-state index in [1.54, 1.807) is 24.5 Å². The largest absolute Gasteiger partial charge is 0.396 e. The van der Waals surface area contributed by atoms with E-state index in [1.165, 1.54) is 0 Å². The zero-order valence-corrected chi connectivity index (χ0v) is 12.7. The number of amides is 1. The van der Waals surface area contributed by atoms with Gasteiger partial charge in [-0.2, -0.15) is 0 Å². The molecule has 6 heteroatoms. The fourth-order valence-corrected chi connectivity index (χ4v) is 3.54. The Labute approximate surface area is 130 Å². The first-order chi connectivity index (χ1) is 10.8. The highest BCUT2D eigenvalue weighted by molar-refractivity contribution is 5.94. The molecule has 120 valence electrons. The molecule has 3 rings (SSSR count). The number of hydrogen-bond donors (Lipinski definition) is 3. The maximum atomic E-state index is 12.8. The van der Waals surface area contributed by atoms with Crippen LogP contribution in [0.4, 0.5) is 0 Å². The zero-order valence-electron chi connectivity index (χ0n) is 12.7. The van der Waals surface area contributed by atoms with Crippen molar-refractivity contribution in [2.24, 2.45) is 0 Å². The normalized spacial score (nSPS) is 28.8. The molecule has 0 aliphatic carbocycles. The van der Waals surface area contributed by atoms with Crippen LogP contribution in [0.2, 0.25) is 0 Å². The Morgan fingerprint density at radius 1 is 1.32 bits per heavy atom. The average molecular weight is 304 g/mol. The van der Waals surface area contributed by atoms with Crippen molar-refractivity contribution >= 4 is 5.91 Å². The number of aromatic nitrogens is 1. The van der Waals surface area contributed by atoms with E-state index in [2.05, 4.69) is 15.8 Å². The Kier molecular flexibility index (Phi) is 5.02. The molecule has 3 unspecified atom stereocenters. The zero-order chi connectivity index (χ0) is 15.4. The summed E-state index contributed by atoms with van der Waals surface area (Å²) in [6.45, 7) is 1.01. The molecule has 0 aromatic carbocycles. The molecule has 1 aromatic rings. The van der Waals surface area contributed by atoms with Gasteiger partial charge in [-0.25, -0.2) is 0 Å². The van der Waals surface area contributed by atoms with Crippen LogP contribution in [-0.4, -0.2) is 52.2 Å². The quantitative estimate of drug-likeness (QED) is 0.763. The third-order valence-electron chi connectivity index (χ3n) is 4.69. The molecule has 0 spiro atoms. The summed E-state index contributed by atoms with van der Waals surface area (Å²) in [5, 5.41) is 9.07. The fraction of sp³-hybridized carbons (Fsp3) is 0.625. The van der Waals surface area contributed by atoms with E-state index in [0.29, 0.717) is 5.56 Å². The molecular formula is C16H24N4O2. The molecular weight excluding hydrogens is 280 g/mol. The lowest BCUT2D eigenvalue weighted by atomic mass is 9.92. The van der Waals surface area contributed by atoms with Crippen molar-refractivity contribution in [2.75, 3.05) is 13.2 Å². The number of pyridine rings is 1. The molecule has 2 aliphatic heterocycles. The van der Waals surface area contributed by atoms with Crippen molar-refractivity contribution in [3.63, 3.8) is 0 Å².